The fraction of sp³-hybridized carbons (Fsp3) is 0.185. The smallest absolute Gasteiger partial charge is 0.259 e. The summed E-state index contributed by atoms with van der Waals surface area (Å²) in [6.07, 6.45) is 2.27. The molecule has 0 aliphatic heterocycles. The van der Waals surface area contributed by atoms with Gasteiger partial charge in [0.1, 0.15) is 17.0 Å². The quantitative estimate of drug-likeness (QED) is 0.295. The van der Waals surface area contributed by atoms with Crippen molar-refractivity contribution in [3.8, 4) is 22.7 Å². The minimum absolute atomic E-state index is 0.0541. The molecule has 1 amide bonds. The molecule has 4 rings (SSSR count). The van der Waals surface area contributed by atoms with Gasteiger partial charge in [-0.25, -0.2) is 4.68 Å². The van der Waals surface area contributed by atoms with Gasteiger partial charge in [0.25, 0.3) is 5.91 Å². The van der Waals surface area contributed by atoms with Crippen LogP contribution in [0.3, 0.4) is 0 Å². The highest BCUT2D eigenvalue weighted by Crippen LogP contribution is 2.27. The summed E-state index contributed by atoms with van der Waals surface area (Å²) in [5, 5.41) is 16.9. The predicted molar refractivity (Wildman–Crippen MR) is 138 cm³/mol. The first-order valence-corrected chi connectivity index (χ1v) is 11.8. The molecular formula is C27H26BrN3O3. The third kappa shape index (κ3) is 5.73. The Kier molecular flexibility index (Phi) is 7.14. The largest absolute Gasteiger partial charge is 0.488 e. The van der Waals surface area contributed by atoms with Gasteiger partial charge in [0.05, 0.1) is 11.3 Å². The van der Waals surface area contributed by atoms with E-state index in [0.717, 1.165) is 15.7 Å². The number of amides is 1. The molecule has 0 saturated carbocycles. The number of rotatable bonds is 8. The number of anilines is 1. The van der Waals surface area contributed by atoms with Gasteiger partial charge in [0.15, 0.2) is 0 Å². The van der Waals surface area contributed by atoms with Crippen molar-refractivity contribution in [1.29, 1.82) is 0 Å². The number of benzene rings is 3. The second-order valence-electron chi connectivity index (χ2n) is 8.49. The molecular weight excluding hydrogens is 494 g/mol. The number of aliphatic hydroxyl groups is 1. The molecule has 174 valence electrons. The number of carbonyl (C=O) groups is 1. The van der Waals surface area contributed by atoms with Gasteiger partial charge in [0.2, 0.25) is 0 Å². The number of ether oxygens (including phenoxy) is 1. The van der Waals surface area contributed by atoms with Gasteiger partial charge >= 0.3 is 0 Å². The van der Waals surface area contributed by atoms with E-state index in [1.165, 1.54) is 0 Å². The first kappa shape index (κ1) is 23.7. The zero-order chi connectivity index (χ0) is 24.1. The number of aliphatic hydroxyl groups excluding tert-OH is 1. The van der Waals surface area contributed by atoms with Crippen LogP contribution >= 0.6 is 15.9 Å². The van der Waals surface area contributed by atoms with Crippen LogP contribution in [-0.2, 0) is 0 Å². The summed E-state index contributed by atoms with van der Waals surface area (Å²) < 4.78 is 8.60. The first-order valence-electron chi connectivity index (χ1n) is 11.0. The summed E-state index contributed by atoms with van der Waals surface area (Å²) in [4.78, 5) is 13.3. The molecule has 0 radical (unpaired) electrons. The van der Waals surface area contributed by atoms with E-state index in [1.54, 1.807) is 35.1 Å². The van der Waals surface area contributed by atoms with Crippen molar-refractivity contribution in [2.75, 3.05) is 11.9 Å². The van der Waals surface area contributed by atoms with E-state index in [9.17, 15) is 9.90 Å². The van der Waals surface area contributed by atoms with Crippen LogP contribution in [0, 0.1) is 0 Å². The lowest BCUT2D eigenvalue weighted by Crippen LogP contribution is -2.29. The van der Waals surface area contributed by atoms with Crippen molar-refractivity contribution in [2.45, 2.75) is 25.9 Å². The topological polar surface area (TPSA) is 76.4 Å². The minimum Gasteiger partial charge on any atom is -0.488 e. The van der Waals surface area contributed by atoms with Gasteiger partial charge in [0, 0.05) is 34.9 Å². The maximum Gasteiger partial charge on any atom is 0.259 e. The molecule has 6 nitrogen and oxygen atoms in total. The van der Waals surface area contributed by atoms with Crippen molar-refractivity contribution in [3.05, 3.63) is 95.1 Å². The fourth-order valence-electron chi connectivity index (χ4n) is 3.52. The molecule has 7 heteroatoms. The summed E-state index contributed by atoms with van der Waals surface area (Å²) in [6, 6.07) is 24.6. The zero-order valence-corrected chi connectivity index (χ0v) is 20.6. The van der Waals surface area contributed by atoms with Gasteiger partial charge in [-0.15, -0.1) is 0 Å². The number of aromatic nitrogens is 2. The van der Waals surface area contributed by atoms with Crippen LogP contribution in [0.25, 0.3) is 16.9 Å². The van der Waals surface area contributed by atoms with Crippen LogP contribution in [0.2, 0.25) is 0 Å². The van der Waals surface area contributed by atoms with Crippen LogP contribution in [0.5, 0.6) is 5.75 Å². The molecule has 0 aliphatic rings. The van der Waals surface area contributed by atoms with Crippen LogP contribution in [0.15, 0.2) is 89.5 Å². The zero-order valence-electron chi connectivity index (χ0n) is 19.0. The molecule has 1 heterocycles. The first-order chi connectivity index (χ1) is 16.3. The minimum atomic E-state index is -0.481. The highest BCUT2D eigenvalue weighted by molar-refractivity contribution is 9.10. The van der Waals surface area contributed by atoms with Gasteiger partial charge < -0.3 is 15.2 Å². The van der Waals surface area contributed by atoms with E-state index in [4.69, 9.17) is 9.84 Å². The highest BCUT2D eigenvalue weighted by Gasteiger charge is 2.20. The number of nitrogens with one attached hydrogen (secondary N) is 1. The number of halogens is 1. The summed E-state index contributed by atoms with van der Waals surface area (Å²) in [5.74, 6) is 0.415. The fourth-order valence-corrected chi connectivity index (χ4v) is 3.78. The number of para-hydroxylation sites is 1. The van der Waals surface area contributed by atoms with Gasteiger partial charge in [-0.3, -0.25) is 4.79 Å². The molecule has 0 saturated heterocycles. The SMILES string of the molecule is CC(C)(CCO)Oc1ccc(NC(=O)c2cn(-c3ccccc3)nc2-c2ccc(Br)cc2)cc1. The molecule has 0 bridgehead atoms. The Morgan fingerprint density at radius 1 is 1.03 bits per heavy atom. The predicted octanol–water partition coefficient (Wildman–Crippen LogP) is 6.09. The number of hydrogen-bond acceptors (Lipinski definition) is 4. The summed E-state index contributed by atoms with van der Waals surface area (Å²) in [7, 11) is 0. The molecule has 0 atom stereocenters. The van der Waals surface area contributed by atoms with E-state index >= 15 is 0 Å². The lowest BCUT2D eigenvalue weighted by atomic mass is 10.1. The average molecular weight is 520 g/mol. The number of nitrogens with zero attached hydrogens (tertiary/aromatic N) is 2. The standard InChI is InChI=1S/C27H26BrN3O3/c1-27(2,16-17-32)34-23-14-12-21(13-15-23)29-26(33)24-18-31(22-6-4-3-5-7-22)30-25(24)19-8-10-20(28)11-9-19/h3-15,18,32H,16-17H2,1-2H3,(H,29,33). The maximum atomic E-state index is 13.3. The lowest BCUT2D eigenvalue weighted by molar-refractivity contribution is 0.0765. The Morgan fingerprint density at radius 3 is 2.35 bits per heavy atom. The van der Waals surface area contributed by atoms with E-state index in [2.05, 4.69) is 21.2 Å². The normalized spacial score (nSPS) is 11.3. The van der Waals surface area contributed by atoms with E-state index in [-0.39, 0.29) is 12.5 Å². The molecule has 1 aromatic heterocycles. The van der Waals surface area contributed by atoms with Crippen LogP contribution in [-0.4, -0.2) is 33.0 Å². The van der Waals surface area contributed by atoms with Crippen LogP contribution in [0.1, 0.15) is 30.6 Å². The summed E-state index contributed by atoms with van der Waals surface area (Å²) in [6.45, 7) is 3.90. The molecule has 2 N–H and O–H groups in total. The lowest BCUT2D eigenvalue weighted by Gasteiger charge is -2.25. The third-order valence-electron chi connectivity index (χ3n) is 5.32. The second-order valence-corrected chi connectivity index (χ2v) is 9.41. The number of hydrogen-bond donors (Lipinski definition) is 2. The van der Waals surface area contributed by atoms with Crippen LogP contribution < -0.4 is 10.1 Å². The van der Waals surface area contributed by atoms with E-state index in [0.29, 0.717) is 29.1 Å². The molecule has 4 aromatic rings. The van der Waals surface area contributed by atoms with Gasteiger partial charge in [-0.1, -0.05) is 46.3 Å². The molecule has 0 unspecified atom stereocenters. The van der Waals surface area contributed by atoms with Crippen molar-refractivity contribution in [1.82, 2.24) is 9.78 Å². The third-order valence-corrected chi connectivity index (χ3v) is 5.85. The highest BCUT2D eigenvalue weighted by atomic mass is 79.9. The number of carbonyl (C=O) groups excluding carboxylic acids is 1. The molecule has 3 aromatic carbocycles. The van der Waals surface area contributed by atoms with Crippen molar-refractivity contribution in [3.63, 3.8) is 0 Å². The average Bonchev–Trinajstić information content (AvgIpc) is 3.27. The van der Waals surface area contributed by atoms with E-state index in [1.807, 2.05) is 68.4 Å². The molecule has 0 spiro atoms. The van der Waals surface area contributed by atoms with E-state index < -0.39 is 5.60 Å². The Balaban J connectivity index is 1.60. The second kappa shape index (κ2) is 10.2. The van der Waals surface area contributed by atoms with Gasteiger partial charge in [-0.05, 0) is 62.4 Å². The Bertz CT molecular complexity index is 1250. The molecule has 0 aliphatic carbocycles. The molecule has 34 heavy (non-hydrogen) atoms. The van der Waals surface area contributed by atoms with Crippen molar-refractivity contribution in [2.24, 2.45) is 0 Å². The van der Waals surface area contributed by atoms with Crippen molar-refractivity contribution < 1.29 is 14.6 Å². The molecule has 0 fully saturated rings. The summed E-state index contributed by atoms with van der Waals surface area (Å²) in [5.41, 5.74) is 2.94. The Hall–Kier alpha value is -3.42. The Labute approximate surface area is 207 Å². The van der Waals surface area contributed by atoms with Gasteiger partial charge in [-0.2, -0.15) is 5.10 Å². The van der Waals surface area contributed by atoms with Crippen LogP contribution in [0.4, 0.5) is 5.69 Å². The monoisotopic (exact) mass is 519 g/mol. The summed E-state index contributed by atoms with van der Waals surface area (Å²) >= 11 is 3.46. The Morgan fingerprint density at radius 2 is 1.71 bits per heavy atom. The maximum absolute atomic E-state index is 13.3. The van der Waals surface area contributed by atoms with Crippen molar-refractivity contribution >= 4 is 27.5 Å².